The molecule has 5 heteroatoms. The van der Waals surface area contributed by atoms with Gasteiger partial charge in [0.2, 0.25) is 0 Å². The fraction of sp³-hybridized carbons (Fsp3) is 0.111. The molecular formula is C9H5F5. The second kappa shape index (κ2) is 3.40. The zero-order valence-electron chi connectivity index (χ0n) is 6.83. The Morgan fingerprint density at radius 2 is 1.50 bits per heavy atom. The molecule has 0 aliphatic heterocycles. The molecule has 14 heavy (non-hydrogen) atoms. The molecule has 0 N–H and O–H groups in total. The Balaban J connectivity index is 3.35. The maximum absolute atomic E-state index is 12.8. The van der Waals surface area contributed by atoms with Crippen LogP contribution in [0.3, 0.4) is 0 Å². The van der Waals surface area contributed by atoms with Crippen molar-refractivity contribution >= 4 is 6.08 Å². The minimum absolute atomic E-state index is 0.236. The summed E-state index contributed by atoms with van der Waals surface area (Å²) in [7, 11) is 0. The van der Waals surface area contributed by atoms with Gasteiger partial charge in [0.05, 0.1) is 5.56 Å². The molecule has 76 valence electrons. The summed E-state index contributed by atoms with van der Waals surface area (Å²) in [6, 6.07) is 0.472. The molecule has 0 aliphatic rings. The fourth-order valence-electron chi connectivity index (χ4n) is 0.943. The highest BCUT2D eigenvalue weighted by atomic mass is 19.4. The van der Waals surface area contributed by atoms with E-state index in [-0.39, 0.29) is 12.1 Å². The van der Waals surface area contributed by atoms with Crippen molar-refractivity contribution in [1.82, 2.24) is 0 Å². The van der Waals surface area contributed by atoms with E-state index in [0.29, 0.717) is 0 Å². The van der Waals surface area contributed by atoms with Crippen LogP contribution in [0, 0.1) is 11.6 Å². The first-order valence-corrected chi connectivity index (χ1v) is 3.55. The molecular weight excluding hydrogens is 203 g/mol. The topological polar surface area (TPSA) is 0 Å². The van der Waals surface area contributed by atoms with Crippen molar-refractivity contribution in [2.75, 3.05) is 0 Å². The summed E-state index contributed by atoms with van der Waals surface area (Å²) in [4.78, 5) is 0. The molecule has 0 amide bonds. The summed E-state index contributed by atoms with van der Waals surface area (Å²) in [5.74, 6) is -2.54. The van der Waals surface area contributed by atoms with Crippen molar-refractivity contribution in [3.8, 4) is 0 Å². The average molecular weight is 208 g/mol. The van der Waals surface area contributed by atoms with Gasteiger partial charge in [0.1, 0.15) is 11.6 Å². The van der Waals surface area contributed by atoms with E-state index in [1.165, 1.54) is 0 Å². The van der Waals surface area contributed by atoms with Gasteiger partial charge in [-0.15, -0.1) is 0 Å². The SMILES string of the molecule is C=Cc1c(F)cc(C(F)(F)F)cc1F. The van der Waals surface area contributed by atoms with Gasteiger partial charge in [0, 0.05) is 5.56 Å². The summed E-state index contributed by atoms with van der Waals surface area (Å²) in [6.45, 7) is 3.08. The minimum atomic E-state index is -4.75. The van der Waals surface area contributed by atoms with Crippen LogP contribution >= 0.6 is 0 Å². The van der Waals surface area contributed by atoms with Gasteiger partial charge >= 0.3 is 6.18 Å². The van der Waals surface area contributed by atoms with Crippen LogP contribution < -0.4 is 0 Å². The van der Waals surface area contributed by atoms with Gasteiger partial charge in [-0.25, -0.2) is 8.78 Å². The van der Waals surface area contributed by atoms with Gasteiger partial charge in [-0.05, 0) is 12.1 Å². The first kappa shape index (κ1) is 10.7. The molecule has 0 aliphatic carbocycles. The van der Waals surface area contributed by atoms with Gasteiger partial charge in [0.25, 0.3) is 0 Å². The Kier molecular flexibility index (Phi) is 2.59. The van der Waals surface area contributed by atoms with Crippen LogP contribution in [0.25, 0.3) is 6.08 Å². The maximum Gasteiger partial charge on any atom is 0.416 e. The van der Waals surface area contributed by atoms with E-state index in [1.54, 1.807) is 0 Å². The zero-order valence-corrected chi connectivity index (χ0v) is 6.83. The van der Waals surface area contributed by atoms with Gasteiger partial charge in [-0.2, -0.15) is 13.2 Å². The van der Waals surface area contributed by atoms with E-state index in [4.69, 9.17) is 0 Å². The number of hydrogen-bond acceptors (Lipinski definition) is 0. The fourth-order valence-corrected chi connectivity index (χ4v) is 0.943. The van der Waals surface area contributed by atoms with Crippen molar-refractivity contribution in [3.05, 3.63) is 41.5 Å². The van der Waals surface area contributed by atoms with Crippen molar-refractivity contribution in [1.29, 1.82) is 0 Å². The molecule has 1 aromatic carbocycles. The van der Waals surface area contributed by atoms with Gasteiger partial charge < -0.3 is 0 Å². The second-order valence-electron chi connectivity index (χ2n) is 2.56. The average Bonchev–Trinajstić information content (AvgIpc) is 2.01. The molecule has 0 fully saturated rings. The van der Waals surface area contributed by atoms with E-state index in [1.807, 2.05) is 0 Å². The largest absolute Gasteiger partial charge is 0.416 e. The number of rotatable bonds is 1. The molecule has 0 saturated heterocycles. The lowest BCUT2D eigenvalue weighted by Crippen LogP contribution is -2.07. The standard InChI is InChI=1S/C9H5F5/c1-2-6-7(10)3-5(4-8(6)11)9(12,13)14/h2-4H,1H2. The number of benzene rings is 1. The predicted molar refractivity (Wildman–Crippen MR) is 41.5 cm³/mol. The lowest BCUT2D eigenvalue weighted by atomic mass is 10.1. The van der Waals surface area contributed by atoms with E-state index < -0.39 is 28.9 Å². The lowest BCUT2D eigenvalue weighted by Gasteiger charge is -2.08. The van der Waals surface area contributed by atoms with E-state index in [9.17, 15) is 22.0 Å². The predicted octanol–water partition coefficient (Wildman–Crippen LogP) is 3.63. The highest BCUT2D eigenvalue weighted by Gasteiger charge is 2.32. The van der Waals surface area contributed by atoms with Gasteiger partial charge in [0.15, 0.2) is 0 Å². The summed E-state index contributed by atoms with van der Waals surface area (Å²) < 4.78 is 61.7. The van der Waals surface area contributed by atoms with Gasteiger partial charge in [-0.1, -0.05) is 12.7 Å². The highest BCUT2D eigenvalue weighted by molar-refractivity contribution is 5.49. The Hall–Kier alpha value is -1.39. The molecule has 0 spiro atoms. The quantitative estimate of drug-likeness (QED) is 0.618. The molecule has 0 radical (unpaired) electrons. The molecule has 1 rings (SSSR count). The molecule has 0 atom stereocenters. The molecule has 0 saturated carbocycles. The molecule has 1 aromatic rings. The Morgan fingerprint density at radius 3 is 1.79 bits per heavy atom. The molecule has 0 unspecified atom stereocenters. The number of halogens is 5. The Bertz CT molecular complexity index is 341. The second-order valence-corrected chi connectivity index (χ2v) is 2.56. The normalized spacial score (nSPS) is 11.5. The van der Waals surface area contributed by atoms with Crippen LogP contribution in [0.2, 0.25) is 0 Å². The highest BCUT2D eigenvalue weighted by Crippen LogP contribution is 2.31. The maximum atomic E-state index is 12.8. The van der Waals surface area contributed by atoms with Crippen LogP contribution in [-0.4, -0.2) is 0 Å². The van der Waals surface area contributed by atoms with E-state index in [2.05, 4.69) is 6.58 Å². The smallest absolute Gasteiger partial charge is 0.206 e. The van der Waals surface area contributed by atoms with E-state index in [0.717, 1.165) is 6.08 Å². The lowest BCUT2D eigenvalue weighted by molar-refractivity contribution is -0.138. The third-order valence-electron chi connectivity index (χ3n) is 1.61. The summed E-state index contributed by atoms with van der Waals surface area (Å²) in [5, 5.41) is 0. The summed E-state index contributed by atoms with van der Waals surface area (Å²) in [5.41, 5.74) is -1.91. The third kappa shape index (κ3) is 1.92. The van der Waals surface area contributed by atoms with Crippen LogP contribution in [0.5, 0.6) is 0 Å². The summed E-state index contributed by atoms with van der Waals surface area (Å²) >= 11 is 0. The number of hydrogen-bond donors (Lipinski definition) is 0. The van der Waals surface area contributed by atoms with Crippen LogP contribution in [-0.2, 0) is 6.18 Å². The van der Waals surface area contributed by atoms with E-state index >= 15 is 0 Å². The Morgan fingerprint density at radius 1 is 1.07 bits per heavy atom. The third-order valence-corrected chi connectivity index (χ3v) is 1.61. The summed E-state index contributed by atoms with van der Waals surface area (Å²) in [6.07, 6.45) is -3.92. The van der Waals surface area contributed by atoms with Crippen molar-refractivity contribution < 1.29 is 22.0 Å². The molecule has 0 heterocycles. The Labute approximate surface area is 76.7 Å². The monoisotopic (exact) mass is 208 g/mol. The van der Waals surface area contributed by atoms with Gasteiger partial charge in [-0.3, -0.25) is 0 Å². The van der Waals surface area contributed by atoms with Crippen molar-refractivity contribution in [2.45, 2.75) is 6.18 Å². The molecule has 0 aromatic heterocycles. The minimum Gasteiger partial charge on any atom is -0.206 e. The van der Waals surface area contributed by atoms with Crippen LogP contribution in [0.1, 0.15) is 11.1 Å². The first-order valence-electron chi connectivity index (χ1n) is 3.55. The molecule has 0 nitrogen and oxygen atoms in total. The first-order chi connectivity index (χ1) is 6.36. The number of alkyl halides is 3. The van der Waals surface area contributed by atoms with Crippen LogP contribution in [0.15, 0.2) is 18.7 Å². The van der Waals surface area contributed by atoms with Crippen molar-refractivity contribution in [3.63, 3.8) is 0 Å². The van der Waals surface area contributed by atoms with Crippen molar-refractivity contribution in [2.24, 2.45) is 0 Å². The zero-order chi connectivity index (χ0) is 10.9. The van der Waals surface area contributed by atoms with Crippen LogP contribution in [0.4, 0.5) is 22.0 Å². The molecule has 0 bridgehead atoms.